The van der Waals surface area contributed by atoms with E-state index >= 15 is 0 Å². The van der Waals surface area contributed by atoms with Gasteiger partial charge >= 0.3 is 0 Å². The van der Waals surface area contributed by atoms with E-state index in [1.165, 1.54) is 10.7 Å². The van der Waals surface area contributed by atoms with Gasteiger partial charge in [-0.3, -0.25) is 9.69 Å². The second-order valence-corrected chi connectivity index (χ2v) is 10.5. The standard InChI is InChI=1S/C20H34N4O4S/c1-13-7-6-8-18(14(13)2)21-20(25)16(4)23-9-11-24(12-10-23)29(26,27)19-15(3)22-28-17(19)5/h13-14,16,18H,6-12H2,1-5H3,(H,21,25). The van der Waals surface area contributed by atoms with Crippen molar-refractivity contribution >= 4 is 15.9 Å². The van der Waals surface area contributed by atoms with Gasteiger partial charge in [0.05, 0.1) is 6.04 Å². The fourth-order valence-corrected chi connectivity index (χ4v) is 6.27. The SMILES string of the molecule is Cc1noc(C)c1S(=O)(=O)N1CCN(C(C)C(=O)NC2CCCC(C)C2C)CC1. The Morgan fingerprint density at radius 3 is 2.41 bits per heavy atom. The van der Waals surface area contributed by atoms with Gasteiger partial charge in [0.25, 0.3) is 0 Å². The summed E-state index contributed by atoms with van der Waals surface area (Å²) >= 11 is 0. The Hall–Kier alpha value is -1.45. The molecule has 4 atom stereocenters. The second kappa shape index (κ2) is 8.73. The number of rotatable bonds is 5. The summed E-state index contributed by atoms with van der Waals surface area (Å²) in [5, 5.41) is 7.01. The molecule has 0 spiro atoms. The molecular formula is C20H34N4O4S. The van der Waals surface area contributed by atoms with E-state index in [0.29, 0.717) is 49.5 Å². The summed E-state index contributed by atoms with van der Waals surface area (Å²) in [6.07, 6.45) is 3.42. The average Bonchev–Trinajstić information content (AvgIpc) is 3.03. The number of hydrogen-bond acceptors (Lipinski definition) is 6. The Bertz CT molecular complexity index is 810. The molecule has 164 valence electrons. The summed E-state index contributed by atoms with van der Waals surface area (Å²) in [6, 6.07) is -0.0433. The van der Waals surface area contributed by atoms with Crippen LogP contribution in [-0.2, 0) is 14.8 Å². The van der Waals surface area contributed by atoms with Gasteiger partial charge < -0.3 is 9.84 Å². The number of piperazine rings is 1. The summed E-state index contributed by atoms with van der Waals surface area (Å²) < 4.78 is 32.4. The van der Waals surface area contributed by atoms with Crippen LogP contribution in [0.3, 0.4) is 0 Å². The molecular weight excluding hydrogens is 392 g/mol. The lowest BCUT2D eigenvalue weighted by Crippen LogP contribution is -2.56. The zero-order chi connectivity index (χ0) is 21.3. The van der Waals surface area contributed by atoms with Crippen LogP contribution in [0, 0.1) is 25.7 Å². The van der Waals surface area contributed by atoms with Gasteiger partial charge in [-0.2, -0.15) is 4.31 Å². The van der Waals surface area contributed by atoms with Crippen molar-refractivity contribution in [1.29, 1.82) is 0 Å². The first-order valence-electron chi connectivity index (χ1n) is 10.6. The van der Waals surface area contributed by atoms with Crippen LogP contribution in [0.2, 0.25) is 0 Å². The highest BCUT2D eigenvalue weighted by Gasteiger charge is 2.36. The number of hydrogen-bond donors (Lipinski definition) is 1. The van der Waals surface area contributed by atoms with E-state index < -0.39 is 10.0 Å². The smallest absolute Gasteiger partial charge is 0.248 e. The Kier molecular flexibility index (Phi) is 6.70. The molecule has 1 saturated carbocycles. The number of carbonyl (C=O) groups excluding carboxylic acids is 1. The molecule has 4 unspecified atom stereocenters. The van der Waals surface area contributed by atoms with Crippen LogP contribution in [0.25, 0.3) is 0 Å². The molecule has 1 saturated heterocycles. The monoisotopic (exact) mass is 426 g/mol. The first-order valence-corrected chi connectivity index (χ1v) is 12.0. The highest BCUT2D eigenvalue weighted by atomic mass is 32.2. The Morgan fingerprint density at radius 1 is 1.17 bits per heavy atom. The van der Waals surface area contributed by atoms with E-state index in [9.17, 15) is 13.2 Å². The van der Waals surface area contributed by atoms with Crippen molar-refractivity contribution in [2.75, 3.05) is 26.2 Å². The highest BCUT2D eigenvalue weighted by Crippen LogP contribution is 2.30. The fourth-order valence-electron chi connectivity index (χ4n) is 4.56. The lowest BCUT2D eigenvalue weighted by atomic mass is 9.78. The van der Waals surface area contributed by atoms with Gasteiger partial charge in [-0.05, 0) is 39.0 Å². The lowest BCUT2D eigenvalue weighted by Gasteiger charge is -2.39. The van der Waals surface area contributed by atoms with Gasteiger partial charge in [-0.15, -0.1) is 0 Å². The maximum Gasteiger partial charge on any atom is 0.248 e. The number of sulfonamides is 1. The minimum absolute atomic E-state index is 0.0398. The Labute approximate surface area is 174 Å². The maximum absolute atomic E-state index is 13.0. The average molecular weight is 427 g/mol. The molecule has 1 aromatic heterocycles. The molecule has 1 aliphatic carbocycles. The van der Waals surface area contributed by atoms with E-state index in [0.717, 1.165) is 12.8 Å². The lowest BCUT2D eigenvalue weighted by molar-refractivity contribution is -0.127. The number of nitrogens with one attached hydrogen (secondary N) is 1. The van der Waals surface area contributed by atoms with Gasteiger partial charge in [0.1, 0.15) is 10.6 Å². The highest BCUT2D eigenvalue weighted by molar-refractivity contribution is 7.89. The normalized spacial score (nSPS) is 28.2. The molecule has 1 aliphatic heterocycles. The summed E-state index contributed by atoms with van der Waals surface area (Å²) in [6.45, 7) is 11.4. The van der Waals surface area contributed by atoms with Crippen molar-refractivity contribution in [2.45, 2.75) is 70.9 Å². The van der Waals surface area contributed by atoms with Crippen LogP contribution < -0.4 is 5.32 Å². The van der Waals surface area contributed by atoms with Crippen molar-refractivity contribution < 1.29 is 17.7 Å². The second-order valence-electron chi connectivity index (χ2n) is 8.65. The Morgan fingerprint density at radius 2 is 1.83 bits per heavy atom. The van der Waals surface area contributed by atoms with Crippen molar-refractivity contribution in [3.8, 4) is 0 Å². The summed E-state index contributed by atoms with van der Waals surface area (Å²) in [7, 11) is -3.64. The van der Waals surface area contributed by atoms with Crippen molar-refractivity contribution in [3.05, 3.63) is 11.5 Å². The molecule has 9 heteroatoms. The number of amides is 1. The molecule has 2 fully saturated rings. The van der Waals surface area contributed by atoms with Gasteiger partial charge in [0, 0.05) is 32.2 Å². The summed E-state index contributed by atoms with van der Waals surface area (Å²) in [5.74, 6) is 1.46. The zero-order valence-electron chi connectivity index (χ0n) is 18.1. The van der Waals surface area contributed by atoms with Crippen LogP contribution in [-0.4, -0.2) is 66.9 Å². The molecule has 8 nitrogen and oxygen atoms in total. The minimum atomic E-state index is -3.64. The molecule has 1 aromatic rings. The minimum Gasteiger partial charge on any atom is -0.360 e. The number of nitrogens with zero attached hydrogens (tertiary/aromatic N) is 3. The van der Waals surface area contributed by atoms with Gasteiger partial charge in [0.2, 0.25) is 15.9 Å². The van der Waals surface area contributed by atoms with Gasteiger partial charge in [-0.1, -0.05) is 31.8 Å². The fraction of sp³-hybridized carbons (Fsp3) is 0.800. The molecule has 0 bridgehead atoms. The van der Waals surface area contributed by atoms with Crippen LogP contribution in [0.15, 0.2) is 9.42 Å². The number of carbonyl (C=O) groups is 1. The van der Waals surface area contributed by atoms with Crippen LogP contribution in [0.4, 0.5) is 0 Å². The first kappa shape index (κ1) is 22.2. The van der Waals surface area contributed by atoms with Crippen molar-refractivity contribution in [1.82, 2.24) is 19.7 Å². The van der Waals surface area contributed by atoms with Crippen LogP contribution >= 0.6 is 0 Å². The summed E-state index contributed by atoms with van der Waals surface area (Å²) in [5.41, 5.74) is 0.383. The molecule has 3 rings (SSSR count). The number of aryl methyl sites for hydroxylation is 2. The molecule has 1 N–H and O–H groups in total. The first-order chi connectivity index (χ1) is 13.6. The van der Waals surface area contributed by atoms with Crippen molar-refractivity contribution in [3.63, 3.8) is 0 Å². The van der Waals surface area contributed by atoms with E-state index in [1.807, 2.05) is 6.92 Å². The predicted octanol–water partition coefficient (Wildman–Crippen LogP) is 1.93. The molecule has 0 aromatic carbocycles. The third-order valence-corrected chi connectivity index (χ3v) is 8.94. The van der Waals surface area contributed by atoms with E-state index in [4.69, 9.17) is 4.52 Å². The molecule has 2 aliphatic rings. The molecule has 29 heavy (non-hydrogen) atoms. The predicted molar refractivity (Wildman–Crippen MR) is 110 cm³/mol. The third kappa shape index (κ3) is 4.51. The molecule has 1 amide bonds. The molecule has 0 radical (unpaired) electrons. The van der Waals surface area contributed by atoms with Crippen molar-refractivity contribution in [2.24, 2.45) is 11.8 Å². The van der Waals surface area contributed by atoms with Gasteiger partial charge in [0.15, 0.2) is 5.76 Å². The Balaban J connectivity index is 1.58. The number of aromatic nitrogens is 1. The zero-order valence-corrected chi connectivity index (χ0v) is 19.0. The summed E-state index contributed by atoms with van der Waals surface area (Å²) in [4.78, 5) is 15.0. The van der Waals surface area contributed by atoms with Gasteiger partial charge in [-0.25, -0.2) is 8.42 Å². The van der Waals surface area contributed by atoms with E-state index in [-0.39, 0.29) is 22.9 Å². The quantitative estimate of drug-likeness (QED) is 0.773. The topological polar surface area (TPSA) is 95.8 Å². The van der Waals surface area contributed by atoms with Crippen LogP contribution in [0.1, 0.15) is 51.5 Å². The maximum atomic E-state index is 13.0. The third-order valence-electron chi connectivity index (χ3n) is 6.80. The van der Waals surface area contributed by atoms with Crippen LogP contribution in [0.5, 0.6) is 0 Å². The van der Waals surface area contributed by atoms with E-state index in [2.05, 4.69) is 29.2 Å². The molecule has 2 heterocycles. The van der Waals surface area contributed by atoms with E-state index in [1.54, 1.807) is 13.8 Å². The largest absolute Gasteiger partial charge is 0.360 e.